The van der Waals surface area contributed by atoms with E-state index in [4.69, 9.17) is 10.2 Å². The lowest BCUT2D eigenvalue weighted by Crippen LogP contribution is -1.80. The van der Waals surface area contributed by atoms with Crippen LogP contribution in [0.2, 0.25) is 0 Å². The maximum absolute atomic E-state index is 5.53. The first-order valence-corrected chi connectivity index (χ1v) is 5.21. The van der Waals surface area contributed by atoms with Gasteiger partial charge in [0.2, 0.25) is 5.13 Å². The summed E-state index contributed by atoms with van der Waals surface area (Å²) in [6.45, 7) is 0. The van der Waals surface area contributed by atoms with Crippen molar-refractivity contribution < 1.29 is 4.42 Å². The molecule has 74 valence electrons. The molecule has 3 rings (SSSR count). The fourth-order valence-corrected chi connectivity index (χ4v) is 2.05. The van der Waals surface area contributed by atoms with Crippen molar-refractivity contribution in [2.45, 2.75) is 0 Å². The summed E-state index contributed by atoms with van der Waals surface area (Å²) in [5.41, 5.74) is 7.36. The van der Waals surface area contributed by atoms with E-state index in [1.54, 1.807) is 6.26 Å². The zero-order valence-electron chi connectivity index (χ0n) is 7.68. The minimum atomic E-state index is 0.476. The third kappa shape index (κ3) is 1.37. The molecule has 0 aliphatic rings. The van der Waals surface area contributed by atoms with Gasteiger partial charge in [0.25, 0.3) is 0 Å². The molecule has 0 bridgehead atoms. The molecule has 0 unspecified atom stereocenters. The monoisotopic (exact) mass is 217 g/mol. The Labute approximate surface area is 89.4 Å². The van der Waals surface area contributed by atoms with Crippen LogP contribution in [0.15, 0.2) is 34.9 Å². The molecule has 0 spiro atoms. The number of benzene rings is 1. The number of anilines is 1. The highest BCUT2D eigenvalue weighted by Crippen LogP contribution is 2.27. The van der Waals surface area contributed by atoms with Crippen molar-refractivity contribution in [3.05, 3.63) is 30.5 Å². The number of aromatic nitrogens is 2. The first-order valence-electron chi connectivity index (χ1n) is 4.39. The van der Waals surface area contributed by atoms with Crippen LogP contribution in [-0.4, -0.2) is 10.2 Å². The summed E-state index contributed by atoms with van der Waals surface area (Å²) < 4.78 is 5.31. The summed E-state index contributed by atoms with van der Waals surface area (Å²) in [5.74, 6) is 0. The van der Waals surface area contributed by atoms with E-state index < -0.39 is 0 Å². The number of nitrogen functional groups attached to an aromatic ring is 1. The minimum Gasteiger partial charge on any atom is -0.464 e. The third-order valence-corrected chi connectivity index (χ3v) is 2.95. The Morgan fingerprint density at radius 1 is 1.20 bits per heavy atom. The third-order valence-electron chi connectivity index (χ3n) is 2.14. The zero-order chi connectivity index (χ0) is 10.3. The van der Waals surface area contributed by atoms with Crippen LogP contribution >= 0.6 is 11.3 Å². The lowest BCUT2D eigenvalue weighted by Gasteiger charge is -1.94. The smallest absolute Gasteiger partial charge is 0.203 e. The van der Waals surface area contributed by atoms with E-state index in [1.165, 1.54) is 11.3 Å². The van der Waals surface area contributed by atoms with Crippen molar-refractivity contribution >= 4 is 27.4 Å². The van der Waals surface area contributed by atoms with Crippen LogP contribution in [0.4, 0.5) is 5.13 Å². The summed E-state index contributed by atoms with van der Waals surface area (Å²) in [4.78, 5) is 0. The molecule has 0 amide bonds. The number of fused-ring (bicyclic) bond motifs is 1. The SMILES string of the molecule is Nc1nnc(-c2ccc3ccoc3c2)s1. The molecule has 0 aliphatic heterocycles. The van der Waals surface area contributed by atoms with Crippen molar-refractivity contribution in [1.82, 2.24) is 10.2 Å². The van der Waals surface area contributed by atoms with Gasteiger partial charge in [0.15, 0.2) is 0 Å². The Morgan fingerprint density at radius 2 is 2.13 bits per heavy atom. The standard InChI is InChI=1S/C10H7N3OS/c11-10-13-12-9(15-10)7-2-1-6-3-4-14-8(6)5-7/h1-5H,(H2,11,13). The Balaban J connectivity index is 2.18. The largest absolute Gasteiger partial charge is 0.464 e. The molecule has 0 fully saturated rings. The second-order valence-electron chi connectivity index (χ2n) is 3.12. The van der Waals surface area contributed by atoms with Gasteiger partial charge in [0, 0.05) is 10.9 Å². The fourth-order valence-electron chi connectivity index (χ4n) is 1.44. The van der Waals surface area contributed by atoms with Crippen molar-refractivity contribution in [3.8, 4) is 10.6 Å². The molecule has 15 heavy (non-hydrogen) atoms. The normalized spacial score (nSPS) is 10.9. The van der Waals surface area contributed by atoms with Crippen LogP contribution in [-0.2, 0) is 0 Å². The Morgan fingerprint density at radius 3 is 2.93 bits per heavy atom. The van der Waals surface area contributed by atoms with Crippen LogP contribution in [0.1, 0.15) is 0 Å². The molecule has 3 aromatic rings. The van der Waals surface area contributed by atoms with Crippen LogP contribution in [0.3, 0.4) is 0 Å². The molecule has 0 aliphatic carbocycles. The van der Waals surface area contributed by atoms with Gasteiger partial charge >= 0.3 is 0 Å². The summed E-state index contributed by atoms with van der Waals surface area (Å²) in [7, 11) is 0. The molecule has 0 atom stereocenters. The lowest BCUT2D eigenvalue weighted by atomic mass is 10.2. The molecule has 4 nitrogen and oxygen atoms in total. The van der Waals surface area contributed by atoms with Gasteiger partial charge in [0.1, 0.15) is 10.6 Å². The molecule has 0 saturated heterocycles. The van der Waals surface area contributed by atoms with E-state index in [9.17, 15) is 0 Å². The van der Waals surface area contributed by atoms with Crippen LogP contribution in [0, 0.1) is 0 Å². The van der Waals surface area contributed by atoms with E-state index in [0.717, 1.165) is 21.5 Å². The average Bonchev–Trinajstić information content (AvgIpc) is 2.84. The number of furan rings is 1. The van der Waals surface area contributed by atoms with Crippen LogP contribution in [0.25, 0.3) is 21.5 Å². The van der Waals surface area contributed by atoms with E-state index in [2.05, 4.69) is 10.2 Å². The Kier molecular flexibility index (Phi) is 1.72. The molecule has 2 N–H and O–H groups in total. The fraction of sp³-hybridized carbons (Fsp3) is 0. The average molecular weight is 217 g/mol. The van der Waals surface area contributed by atoms with Gasteiger partial charge in [0.05, 0.1) is 6.26 Å². The van der Waals surface area contributed by atoms with Gasteiger partial charge in [-0.05, 0) is 12.1 Å². The molecule has 5 heteroatoms. The predicted molar refractivity (Wildman–Crippen MR) is 59.5 cm³/mol. The minimum absolute atomic E-state index is 0.476. The predicted octanol–water partition coefficient (Wildman–Crippen LogP) is 2.53. The molecular weight excluding hydrogens is 210 g/mol. The number of hydrogen-bond acceptors (Lipinski definition) is 5. The maximum Gasteiger partial charge on any atom is 0.203 e. The lowest BCUT2D eigenvalue weighted by molar-refractivity contribution is 0.616. The van der Waals surface area contributed by atoms with Gasteiger partial charge < -0.3 is 10.2 Å². The van der Waals surface area contributed by atoms with E-state index in [1.807, 2.05) is 24.3 Å². The summed E-state index contributed by atoms with van der Waals surface area (Å²) >= 11 is 1.37. The second-order valence-corrected chi connectivity index (χ2v) is 4.13. The Bertz CT molecular complexity index is 614. The number of rotatable bonds is 1. The molecule has 0 radical (unpaired) electrons. The van der Waals surface area contributed by atoms with E-state index in [-0.39, 0.29) is 0 Å². The highest BCUT2D eigenvalue weighted by Gasteiger charge is 2.06. The highest BCUT2D eigenvalue weighted by molar-refractivity contribution is 7.18. The number of hydrogen-bond donors (Lipinski definition) is 1. The molecule has 1 aromatic carbocycles. The van der Waals surface area contributed by atoms with Crippen molar-refractivity contribution in [2.75, 3.05) is 5.73 Å². The quantitative estimate of drug-likeness (QED) is 0.680. The van der Waals surface area contributed by atoms with Gasteiger partial charge in [-0.1, -0.05) is 23.5 Å². The van der Waals surface area contributed by atoms with Crippen molar-refractivity contribution in [2.24, 2.45) is 0 Å². The van der Waals surface area contributed by atoms with Crippen molar-refractivity contribution in [3.63, 3.8) is 0 Å². The van der Waals surface area contributed by atoms with Gasteiger partial charge in [-0.15, -0.1) is 10.2 Å². The zero-order valence-corrected chi connectivity index (χ0v) is 8.49. The maximum atomic E-state index is 5.53. The summed E-state index contributed by atoms with van der Waals surface area (Å²) in [6, 6.07) is 7.84. The summed E-state index contributed by atoms with van der Waals surface area (Å²) in [6.07, 6.45) is 1.67. The highest BCUT2D eigenvalue weighted by atomic mass is 32.1. The first-order chi connectivity index (χ1) is 7.33. The Hall–Kier alpha value is -1.88. The van der Waals surface area contributed by atoms with Crippen molar-refractivity contribution in [1.29, 1.82) is 0 Å². The summed E-state index contributed by atoms with van der Waals surface area (Å²) in [5, 5.41) is 10.1. The molecule has 2 heterocycles. The van der Waals surface area contributed by atoms with Gasteiger partial charge in [-0.3, -0.25) is 0 Å². The molecule has 0 saturated carbocycles. The van der Waals surface area contributed by atoms with Gasteiger partial charge in [-0.2, -0.15) is 0 Å². The van der Waals surface area contributed by atoms with Crippen LogP contribution < -0.4 is 5.73 Å². The second kappa shape index (κ2) is 3.06. The number of nitrogens with two attached hydrogens (primary N) is 1. The molecular formula is C10H7N3OS. The van der Waals surface area contributed by atoms with Gasteiger partial charge in [-0.25, -0.2) is 0 Å². The first kappa shape index (κ1) is 8.43. The van der Waals surface area contributed by atoms with Crippen LogP contribution in [0.5, 0.6) is 0 Å². The molecule has 2 aromatic heterocycles. The van der Waals surface area contributed by atoms with E-state index in [0.29, 0.717) is 5.13 Å². The number of nitrogens with zero attached hydrogens (tertiary/aromatic N) is 2. The topological polar surface area (TPSA) is 64.9 Å². The van der Waals surface area contributed by atoms with E-state index >= 15 is 0 Å².